The Morgan fingerprint density at radius 3 is 2.63 bits per heavy atom. The normalized spacial score (nSPS) is 13.0. The zero-order valence-corrected chi connectivity index (χ0v) is 16.7. The number of nitro benzene ring substituents is 1. The minimum atomic E-state index is -0.800. The fourth-order valence-corrected chi connectivity index (χ4v) is 4.36. The number of nitrogens with one attached hydrogen (secondary N) is 1. The number of nitro groups is 1. The molecule has 1 amide bonds. The molecule has 0 atom stereocenters. The molecule has 0 unspecified atom stereocenters. The van der Waals surface area contributed by atoms with Crippen molar-refractivity contribution in [1.82, 2.24) is 0 Å². The molecule has 30 heavy (non-hydrogen) atoms. The number of amides is 1. The Hall–Kier alpha value is -3.61. The van der Waals surface area contributed by atoms with E-state index in [0.29, 0.717) is 9.90 Å². The van der Waals surface area contributed by atoms with Crippen molar-refractivity contribution in [3.05, 3.63) is 62.0 Å². The van der Waals surface area contributed by atoms with Crippen LogP contribution in [0.2, 0.25) is 5.02 Å². The van der Waals surface area contributed by atoms with Gasteiger partial charge in [0.15, 0.2) is 11.5 Å². The number of anilines is 1. The lowest BCUT2D eigenvalue weighted by Gasteiger charge is -2.19. The first-order chi connectivity index (χ1) is 14.5. The van der Waals surface area contributed by atoms with Gasteiger partial charge < -0.3 is 14.8 Å². The van der Waals surface area contributed by atoms with Gasteiger partial charge in [-0.3, -0.25) is 14.9 Å². The molecule has 0 saturated carbocycles. The summed E-state index contributed by atoms with van der Waals surface area (Å²) < 4.78 is 11.7. The smallest absolute Gasteiger partial charge is 0.296 e. The second kappa shape index (κ2) is 8.02. The van der Waals surface area contributed by atoms with Crippen molar-refractivity contribution in [2.75, 3.05) is 18.5 Å². The number of nitriles is 1. The number of hydrogen-bond donors (Lipinski definition) is 1. The molecule has 0 bridgehead atoms. The van der Waals surface area contributed by atoms with Crippen LogP contribution in [0, 0.1) is 21.4 Å². The summed E-state index contributed by atoms with van der Waals surface area (Å²) in [6, 6.07) is 11.7. The molecular formula is C20H12ClN3O5S. The predicted octanol–water partition coefficient (Wildman–Crippen LogP) is 4.78. The first kappa shape index (κ1) is 19.7. The Balaban J connectivity index is 1.68. The van der Waals surface area contributed by atoms with E-state index in [4.69, 9.17) is 21.1 Å². The van der Waals surface area contributed by atoms with Gasteiger partial charge in [0, 0.05) is 21.0 Å². The third-order valence-electron chi connectivity index (χ3n) is 4.31. The second-order valence-electron chi connectivity index (χ2n) is 6.17. The lowest BCUT2D eigenvalue weighted by molar-refractivity contribution is -0.384. The second-order valence-corrected chi connectivity index (χ2v) is 7.63. The van der Waals surface area contributed by atoms with Crippen LogP contribution >= 0.6 is 22.9 Å². The van der Waals surface area contributed by atoms with Gasteiger partial charge >= 0.3 is 0 Å². The molecule has 0 saturated heterocycles. The molecule has 4 rings (SSSR count). The van der Waals surface area contributed by atoms with E-state index in [1.807, 2.05) is 30.3 Å². The lowest BCUT2D eigenvalue weighted by Crippen LogP contribution is -2.18. The largest absolute Gasteiger partial charge is 0.486 e. The topological polar surface area (TPSA) is 114 Å². The first-order valence-electron chi connectivity index (χ1n) is 8.66. The summed E-state index contributed by atoms with van der Waals surface area (Å²) in [5, 5.41) is 24.6. The Bertz CT molecular complexity index is 1260. The van der Waals surface area contributed by atoms with Crippen LogP contribution in [0.25, 0.3) is 16.2 Å². The quantitative estimate of drug-likeness (QED) is 0.269. The van der Waals surface area contributed by atoms with Crippen LogP contribution in [0.5, 0.6) is 11.5 Å². The van der Waals surface area contributed by atoms with Crippen molar-refractivity contribution in [3.8, 4) is 17.6 Å². The maximum Gasteiger partial charge on any atom is 0.296 e. The number of ether oxygens (including phenoxy) is 2. The fraction of sp³-hybridized carbons (Fsp3) is 0.100. The highest BCUT2D eigenvalue weighted by molar-refractivity contribution is 7.20. The standard InChI is InChI=1S/C20H12ClN3O5S/c21-19-12-3-1-2-4-17(12)30-18(19)7-11(10-22)20(25)23-13-8-15-16(29-6-5-28-15)9-14(13)24(26)27/h1-4,7-9H,5-6H2,(H,23,25)/b11-7-. The Morgan fingerprint density at radius 1 is 1.27 bits per heavy atom. The van der Waals surface area contributed by atoms with Crippen molar-refractivity contribution in [2.24, 2.45) is 0 Å². The highest BCUT2D eigenvalue weighted by Crippen LogP contribution is 2.40. The first-order valence-corrected chi connectivity index (χ1v) is 9.85. The van der Waals surface area contributed by atoms with Gasteiger partial charge in [-0.1, -0.05) is 29.8 Å². The van der Waals surface area contributed by atoms with E-state index in [-0.39, 0.29) is 41.7 Å². The van der Waals surface area contributed by atoms with E-state index in [1.165, 1.54) is 29.5 Å². The van der Waals surface area contributed by atoms with Gasteiger partial charge in [-0.05, 0) is 12.1 Å². The summed E-state index contributed by atoms with van der Waals surface area (Å²) in [4.78, 5) is 24.0. The van der Waals surface area contributed by atoms with Crippen molar-refractivity contribution in [1.29, 1.82) is 5.26 Å². The maximum atomic E-state index is 12.7. The van der Waals surface area contributed by atoms with Crippen molar-refractivity contribution >= 4 is 56.4 Å². The molecule has 1 N–H and O–H groups in total. The average Bonchev–Trinajstić information content (AvgIpc) is 3.06. The summed E-state index contributed by atoms with van der Waals surface area (Å²) in [6.07, 6.45) is 1.37. The third-order valence-corrected chi connectivity index (χ3v) is 5.94. The molecule has 1 aromatic heterocycles. The van der Waals surface area contributed by atoms with Crippen molar-refractivity contribution < 1.29 is 19.2 Å². The summed E-state index contributed by atoms with van der Waals surface area (Å²) in [5.74, 6) is -0.304. The lowest BCUT2D eigenvalue weighted by atomic mass is 10.2. The summed E-state index contributed by atoms with van der Waals surface area (Å²) in [6.45, 7) is 0.555. The zero-order chi connectivity index (χ0) is 21.3. The van der Waals surface area contributed by atoms with E-state index in [9.17, 15) is 20.2 Å². The summed E-state index contributed by atoms with van der Waals surface area (Å²) in [7, 11) is 0. The van der Waals surface area contributed by atoms with Crippen molar-refractivity contribution in [3.63, 3.8) is 0 Å². The number of thiophene rings is 1. The molecule has 0 spiro atoms. The molecule has 3 aromatic rings. The highest BCUT2D eigenvalue weighted by atomic mass is 35.5. The van der Waals surface area contributed by atoms with Gasteiger partial charge in [0.2, 0.25) is 0 Å². The minimum absolute atomic E-state index is 0.0992. The number of rotatable bonds is 4. The van der Waals surface area contributed by atoms with Crippen LogP contribution < -0.4 is 14.8 Å². The van der Waals surface area contributed by atoms with Crippen LogP contribution in [0.4, 0.5) is 11.4 Å². The van der Waals surface area contributed by atoms with Crippen LogP contribution in [0.15, 0.2) is 42.0 Å². The van der Waals surface area contributed by atoms with Gasteiger partial charge in [0.25, 0.3) is 11.6 Å². The molecule has 2 aromatic carbocycles. The molecule has 1 aliphatic heterocycles. The molecule has 0 fully saturated rings. The van der Waals surface area contributed by atoms with E-state index >= 15 is 0 Å². The minimum Gasteiger partial charge on any atom is -0.486 e. The number of nitrogens with zero attached hydrogens (tertiary/aromatic N) is 2. The number of carbonyl (C=O) groups is 1. The number of halogens is 1. The van der Waals surface area contributed by atoms with Crippen LogP contribution in [-0.2, 0) is 4.79 Å². The van der Waals surface area contributed by atoms with Gasteiger partial charge in [-0.2, -0.15) is 5.26 Å². The Labute approximate surface area is 179 Å². The maximum absolute atomic E-state index is 12.7. The Kier molecular flexibility index (Phi) is 5.27. The van der Waals surface area contributed by atoms with Gasteiger partial charge in [-0.25, -0.2) is 0 Å². The highest BCUT2D eigenvalue weighted by Gasteiger charge is 2.24. The SMILES string of the molecule is N#C/C(=C/c1sc2ccccc2c1Cl)C(=O)Nc1cc2c(cc1[N+](=O)[O-])OCCO2. The van der Waals surface area contributed by atoms with E-state index in [2.05, 4.69) is 5.32 Å². The molecule has 10 heteroatoms. The van der Waals surface area contributed by atoms with Gasteiger partial charge in [-0.15, -0.1) is 11.3 Å². The predicted molar refractivity (Wildman–Crippen MR) is 113 cm³/mol. The molecule has 2 heterocycles. The Morgan fingerprint density at radius 2 is 1.97 bits per heavy atom. The fourth-order valence-electron chi connectivity index (χ4n) is 2.92. The van der Waals surface area contributed by atoms with Crippen LogP contribution in [-0.4, -0.2) is 24.0 Å². The number of hydrogen-bond acceptors (Lipinski definition) is 7. The molecule has 0 radical (unpaired) electrons. The number of fused-ring (bicyclic) bond motifs is 2. The van der Waals surface area contributed by atoms with E-state index in [1.54, 1.807) is 0 Å². The number of benzene rings is 2. The van der Waals surface area contributed by atoms with Crippen molar-refractivity contribution in [2.45, 2.75) is 0 Å². The zero-order valence-electron chi connectivity index (χ0n) is 15.2. The van der Waals surface area contributed by atoms with E-state index < -0.39 is 10.8 Å². The van der Waals surface area contributed by atoms with Crippen LogP contribution in [0.1, 0.15) is 4.88 Å². The third kappa shape index (κ3) is 3.66. The molecule has 1 aliphatic rings. The van der Waals surface area contributed by atoms with Crippen LogP contribution in [0.3, 0.4) is 0 Å². The van der Waals surface area contributed by atoms with Gasteiger partial charge in [0.1, 0.15) is 30.5 Å². The number of carbonyl (C=O) groups excluding carboxylic acids is 1. The molecule has 150 valence electrons. The average molecular weight is 442 g/mol. The van der Waals surface area contributed by atoms with E-state index in [0.717, 1.165) is 10.1 Å². The molecular weight excluding hydrogens is 430 g/mol. The molecule has 0 aliphatic carbocycles. The van der Waals surface area contributed by atoms with Gasteiger partial charge in [0.05, 0.1) is 16.0 Å². The summed E-state index contributed by atoms with van der Waals surface area (Å²) >= 11 is 7.71. The monoisotopic (exact) mass is 441 g/mol. The molecule has 8 nitrogen and oxygen atoms in total. The summed E-state index contributed by atoms with van der Waals surface area (Å²) in [5.41, 5.74) is -0.713.